The van der Waals surface area contributed by atoms with Crippen LogP contribution in [0.5, 0.6) is 5.75 Å². The Morgan fingerprint density at radius 1 is 0.568 bits per heavy atom. The predicted octanol–water partition coefficient (Wildman–Crippen LogP) is 6.15. The normalized spacial score (nSPS) is 13.9. The van der Waals surface area contributed by atoms with Crippen molar-refractivity contribution < 1.29 is 85.6 Å². The SMILES string of the molecule is O=C(OCCC(F)(C(F)(F)F)C(F)(F)F)c1cc(O)cc(C(=O)OCCC(F)(C(F)(F)F)C(F)(F)F)c1. The molecule has 0 aliphatic carbocycles. The maximum Gasteiger partial charge on any atom is 0.431 e. The van der Waals surface area contributed by atoms with E-state index in [1.165, 1.54) is 0 Å². The Hall–Kier alpha value is -3.02. The second-order valence-electron chi connectivity index (χ2n) is 7.13. The lowest BCUT2D eigenvalue weighted by molar-refractivity contribution is -0.345. The number of hydrogen-bond donors (Lipinski definition) is 1. The number of carbonyl (C=O) groups is 2. The number of rotatable bonds is 8. The third-order valence-corrected chi connectivity index (χ3v) is 4.55. The molecule has 0 aliphatic rings. The van der Waals surface area contributed by atoms with Gasteiger partial charge in [-0.1, -0.05) is 0 Å². The van der Waals surface area contributed by atoms with Crippen LogP contribution in [0, 0.1) is 0 Å². The highest BCUT2D eigenvalue weighted by molar-refractivity contribution is 5.96. The third-order valence-electron chi connectivity index (χ3n) is 4.55. The Bertz CT molecular complexity index is 875. The minimum atomic E-state index is -6.45. The van der Waals surface area contributed by atoms with Crippen LogP contribution < -0.4 is 0 Å². The number of phenols is 1. The standard InChI is InChI=1S/C18H12F14O5/c19-13(15(21,22)23,16(24,25)26)1-3-36-11(34)8-5-9(7-10(33)6-8)12(35)37-4-2-14(20,17(27,28)29)18(30,31)32/h5-7,33H,1-4H2. The summed E-state index contributed by atoms with van der Waals surface area (Å²) in [7, 11) is 0. The van der Waals surface area contributed by atoms with E-state index in [-0.39, 0.29) is 0 Å². The summed E-state index contributed by atoms with van der Waals surface area (Å²) in [6, 6.07) is 1.21. The average molecular weight is 574 g/mol. The lowest BCUT2D eigenvalue weighted by Crippen LogP contribution is -2.53. The van der Waals surface area contributed by atoms with E-state index >= 15 is 0 Å². The zero-order valence-electron chi connectivity index (χ0n) is 17.4. The van der Waals surface area contributed by atoms with Crippen LogP contribution >= 0.6 is 0 Å². The molecule has 212 valence electrons. The number of alkyl halides is 14. The molecule has 0 unspecified atom stereocenters. The highest BCUT2D eigenvalue weighted by atomic mass is 19.4. The molecule has 5 nitrogen and oxygen atoms in total. The van der Waals surface area contributed by atoms with E-state index in [0.29, 0.717) is 18.2 Å². The van der Waals surface area contributed by atoms with Crippen molar-refractivity contribution in [2.75, 3.05) is 13.2 Å². The van der Waals surface area contributed by atoms with Crippen LogP contribution in [0.4, 0.5) is 61.5 Å². The van der Waals surface area contributed by atoms with E-state index in [4.69, 9.17) is 0 Å². The summed E-state index contributed by atoms with van der Waals surface area (Å²) < 4.78 is 185. The number of benzene rings is 1. The first-order valence-corrected chi connectivity index (χ1v) is 9.20. The molecule has 0 saturated carbocycles. The number of halogens is 14. The van der Waals surface area contributed by atoms with Gasteiger partial charge in [0.2, 0.25) is 0 Å². The number of hydrogen-bond acceptors (Lipinski definition) is 5. The van der Waals surface area contributed by atoms with E-state index in [9.17, 15) is 76.2 Å². The quantitative estimate of drug-likeness (QED) is 0.298. The Morgan fingerprint density at radius 3 is 1.08 bits per heavy atom. The van der Waals surface area contributed by atoms with E-state index < -0.39 is 90.9 Å². The van der Waals surface area contributed by atoms with Gasteiger partial charge in [0, 0.05) is 12.8 Å². The second-order valence-corrected chi connectivity index (χ2v) is 7.13. The molecule has 0 saturated heterocycles. The van der Waals surface area contributed by atoms with Crippen LogP contribution in [0.2, 0.25) is 0 Å². The molecule has 37 heavy (non-hydrogen) atoms. The number of esters is 2. The third kappa shape index (κ3) is 7.06. The van der Waals surface area contributed by atoms with Gasteiger partial charge in [-0.2, -0.15) is 52.7 Å². The molecular formula is C18H12F14O5. The molecule has 0 atom stereocenters. The Balaban J connectivity index is 2.94. The molecule has 19 heteroatoms. The summed E-state index contributed by atoms with van der Waals surface area (Å²) >= 11 is 0. The van der Waals surface area contributed by atoms with Crippen molar-refractivity contribution in [2.45, 2.75) is 48.9 Å². The van der Waals surface area contributed by atoms with Crippen molar-refractivity contribution in [3.63, 3.8) is 0 Å². The van der Waals surface area contributed by atoms with Crippen molar-refractivity contribution in [3.05, 3.63) is 29.3 Å². The van der Waals surface area contributed by atoms with Gasteiger partial charge in [-0.15, -0.1) is 0 Å². The lowest BCUT2D eigenvalue weighted by Gasteiger charge is -2.29. The van der Waals surface area contributed by atoms with Crippen molar-refractivity contribution >= 4 is 11.9 Å². The fourth-order valence-corrected chi connectivity index (χ4v) is 2.47. The molecule has 1 aromatic rings. The first-order valence-electron chi connectivity index (χ1n) is 9.20. The number of phenolic OH excluding ortho intramolecular Hbond substituents is 1. The van der Waals surface area contributed by atoms with Crippen LogP contribution in [0.3, 0.4) is 0 Å². The average Bonchev–Trinajstić information content (AvgIpc) is 2.69. The Morgan fingerprint density at radius 2 is 0.838 bits per heavy atom. The smallest absolute Gasteiger partial charge is 0.431 e. The van der Waals surface area contributed by atoms with Crippen molar-refractivity contribution in [3.8, 4) is 5.75 Å². The zero-order valence-corrected chi connectivity index (χ0v) is 17.4. The molecule has 0 aliphatic heterocycles. The molecule has 0 radical (unpaired) electrons. The first kappa shape index (κ1) is 32.0. The summed E-state index contributed by atoms with van der Waals surface area (Å²) in [6.45, 7) is -3.64. The minimum Gasteiger partial charge on any atom is -0.508 e. The van der Waals surface area contributed by atoms with E-state index in [2.05, 4.69) is 9.47 Å². The molecule has 0 fully saturated rings. The Kier molecular flexibility index (Phi) is 8.99. The van der Waals surface area contributed by atoms with Gasteiger partial charge in [0.15, 0.2) is 0 Å². The fourth-order valence-electron chi connectivity index (χ4n) is 2.47. The summed E-state index contributed by atoms with van der Waals surface area (Å²) in [6.07, 6.45) is -30.7. The van der Waals surface area contributed by atoms with Crippen LogP contribution in [0.25, 0.3) is 0 Å². The van der Waals surface area contributed by atoms with Crippen molar-refractivity contribution in [2.24, 2.45) is 0 Å². The van der Waals surface area contributed by atoms with Gasteiger partial charge >= 0.3 is 48.0 Å². The molecule has 0 spiro atoms. The maximum absolute atomic E-state index is 13.5. The van der Waals surface area contributed by atoms with E-state index in [0.717, 1.165) is 0 Å². The van der Waals surface area contributed by atoms with Gasteiger partial charge < -0.3 is 14.6 Å². The zero-order chi connectivity index (χ0) is 29.3. The van der Waals surface area contributed by atoms with E-state index in [1.807, 2.05) is 0 Å². The van der Waals surface area contributed by atoms with Gasteiger partial charge in [-0.3, -0.25) is 0 Å². The van der Waals surface area contributed by atoms with Crippen molar-refractivity contribution in [1.82, 2.24) is 0 Å². The monoisotopic (exact) mass is 574 g/mol. The molecule has 1 N–H and O–H groups in total. The summed E-state index contributed by atoms with van der Waals surface area (Å²) in [5.41, 5.74) is -13.5. The first-order chi connectivity index (χ1) is 16.4. The molecule has 0 amide bonds. The van der Waals surface area contributed by atoms with Gasteiger partial charge in [0.25, 0.3) is 0 Å². The second kappa shape index (κ2) is 10.4. The number of aromatic hydroxyl groups is 1. The molecule has 0 bridgehead atoms. The molecular weight excluding hydrogens is 562 g/mol. The lowest BCUT2D eigenvalue weighted by atomic mass is 10.0. The van der Waals surface area contributed by atoms with E-state index in [1.54, 1.807) is 0 Å². The molecule has 0 aromatic heterocycles. The van der Waals surface area contributed by atoms with Crippen LogP contribution in [0.15, 0.2) is 18.2 Å². The molecule has 1 aromatic carbocycles. The van der Waals surface area contributed by atoms with Crippen LogP contribution in [-0.2, 0) is 9.47 Å². The predicted molar refractivity (Wildman–Crippen MR) is 89.8 cm³/mol. The number of ether oxygens (including phenoxy) is 2. The van der Waals surface area contributed by atoms with Gasteiger partial charge in [-0.05, 0) is 18.2 Å². The number of carbonyl (C=O) groups excluding carboxylic acids is 2. The largest absolute Gasteiger partial charge is 0.508 e. The van der Waals surface area contributed by atoms with Gasteiger partial charge in [0.05, 0.1) is 24.3 Å². The topological polar surface area (TPSA) is 72.8 Å². The molecule has 1 rings (SSSR count). The van der Waals surface area contributed by atoms with Crippen LogP contribution in [-0.4, -0.2) is 66.3 Å². The van der Waals surface area contributed by atoms with Crippen molar-refractivity contribution in [1.29, 1.82) is 0 Å². The highest BCUT2D eigenvalue weighted by Gasteiger charge is 2.73. The minimum absolute atomic E-state index is 0.358. The fraction of sp³-hybridized carbons (Fsp3) is 0.556. The summed E-state index contributed by atoms with van der Waals surface area (Å²) in [5, 5.41) is 9.50. The van der Waals surface area contributed by atoms with Gasteiger partial charge in [-0.25, -0.2) is 18.4 Å². The Labute approximate surface area is 195 Å². The summed E-state index contributed by atoms with van der Waals surface area (Å²) in [5.74, 6) is -4.70. The maximum atomic E-state index is 13.5. The van der Waals surface area contributed by atoms with Crippen LogP contribution in [0.1, 0.15) is 33.6 Å². The van der Waals surface area contributed by atoms with Gasteiger partial charge in [0.1, 0.15) is 5.75 Å². The summed E-state index contributed by atoms with van der Waals surface area (Å²) in [4.78, 5) is 23.7. The highest BCUT2D eigenvalue weighted by Crippen LogP contribution is 2.49. The molecule has 0 heterocycles.